The van der Waals surface area contributed by atoms with Crippen molar-refractivity contribution < 1.29 is 9.90 Å². The van der Waals surface area contributed by atoms with Gasteiger partial charge in [0.2, 0.25) is 5.91 Å². The Hall–Kier alpha value is -1.55. The SMILES string of the molecule is CC(C)(C)NC(=O)CNCc1ccccc1O. The minimum Gasteiger partial charge on any atom is -0.508 e. The number of carbonyl (C=O) groups excluding carboxylic acids is 1. The van der Waals surface area contributed by atoms with Crippen LogP contribution in [0.5, 0.6) is 5.75 Å². The number of hydrogen-bond donors (Lipinski definition) is 3. The first kappa shape index (κ1) is 13.5. The molecule has 1 rings (SSSR count). The maximum atomic E-state index is 11.5. The predicted octanol–water partition coefficient (Wildman–Crippen LogP) is 1.40. The van der Waals surface area contributed by atoms with Gasteiger partial charge in [-0.2, -0.15) is 0 Å². The number of benzene rings is 1. The van der Waals surface area contributed by atoms with Gasteiger partial charge in [0.1, 0.15) is 5.75 Å². The summed E-state index contributed by atoms with van der Waals surface area (Å²) in [6, 6.07) is 7.08. The highest BCUT2D eigenvalue weighted by molar-refractivity contribution is 5.78. The van der Waals surface area contributed by atoms with Crippen molar-refractivity contribution in [2.45, 2.75) is 32.9 Å². The lowest BCUT2D eigenvalue weighted by molar-refractivity contribution is -0.121. The summed E-state index contributed by atoms with van der Waals surface area (Å²) in [5.41, 5.74) is 0.573. The molecule has 0 aliphatic carbocycles. The van der Waals surface area contributed by atoms with E-state index in [4.69, 9.17) is 0 Å². The lowest BCUT2D eigenvalue weighted by Gasteiger charge is -2.20. The maximum Gasteiger partial charge on any atom is 0.234 e. The van der Waals surface area contributed by atoms with Crippen LogP contribution in [0.2, 0.25) is 0 Å². The zero-order valence-corrected chi connectivity index (χ0v) is 10.6. The number of aromatic hydroxyl groups is 1. The van der Waals surface area contributed by atoms with Crippen molar-refractivity contribution in [3.05, 3.63) is 29.8 Å². The zero-order valence-electron chi connectivity index (χ0n) is 10.6. The Kier molecular flexibility index (Phi) is 4.52. The third kappa shape index (κ3) is 5.36. The zero-order chi connectivity index (χ0) is 12.9. The molecule has 0 spiro atoms. The Balaban J connectivity index is 2.34. The number of rotatable bonds is 4. The fourth-order valence-electron chi connectivity index (χ4n) is 1.43. The number of amides is 1. The van der Waals surface area contributed by atoms with E-state index in [9.17, 15) is 9.90 Å². The molecular weight excluding hydrogens is 216 g/mol. The van der Waals surface area contributed by atoms with Gasteiger partial charge in [-0.1, -0.05) is 18.2 Å². The summed E-state index contributed by atoms with van der Waals surface area (Å²) in [6.07, 6.45) is 0. The van der Waals surface area contributed by atoms with Gasteiger partial charge in [-0.15, -0.1) is 0 Å². The molecule has 0 aliphatic heterocycles. The normalized spacial score (nSPS) is 11.2. The Bertz CT molecular complexity index is 383. The number of hydrogen-bond acceptors (Lipinski definition) is 3. The summed E-state index contributed by atoms with van der Waals surface area (Å²) in [7, 11) is 0. The average Bonchev–Trinajstić information content (AvgIpc) is 2.18. The van der Waals surface area contributed by atoms with Crippen LogP contribution in [-0.4, -0.2) is 23.1 Å². The summed E-state index contributed by atoms with van der Waals surface area (Å²) in [5.74, 6) is 0.198. The second-order valence-electron chi connectivity index (χ2n) is 5.03. The van der Waals surface area contributed by atoms with Crippen LogP contribution in [0, 0.1) is 0 Å². The largest absolute Gasteiger partial charge is 0.508 e. The van der Waals surface area contributed by atoms with E-state index >= 15 is 0 Å². The van der Waals surface area contributed by atoms with E-state index in [1.54, 1.807) is 12.1 Å². The monoisotopic (exact) mass is 236 g/mol. The van der Waals surface area contributed by atoms with Gasteiger partial charge in [0.25, 0.3) is 0 Å². The summed E-state index contributed by atoms with van der Waals surface area (Å²) in [4.78, 5) is 11.5. The molecule has 0 aliphatic rings. The van der Waals surface area contributed by atoms with Crippen molar-refractivity contribution >= 4 is 5.91 Å². The third-order valence-corrected chi connectivity index (χ3v) is 2.11. The number of para-hydroxylation sites is 1. The molecule has 4 heteroatoms. The Morgan fingerprint density at radius 2 is 1.94 bits per heavy atom. The van der Waals surface area contributed by atoms with Crippen LogP contribution in [0.4, 0.5) is 0 Å². The summed E-state index contributed by atoms with van der Waals surface area (Å²) >= 11 is 0. The topological polar surface area (TPSA) is 61.4 Å². The lowest BCUT2D eigenvalue weighted by atomic mass is 10.1. The van der Waals surface area contributed by atoms with Crippen LogP contribution >= 0.6 is 0 Å². The van der Waals surface area contributed by atoms with Crippen molar-refractivity contribution in [3.63, 3.8) is 0 Å². The van der Waals surface area contributed by atoms with Crippen LogP contribution < -0.4 is 10.6 Å². The lowest BCUT2D eigenvalue weighted by Crippen LogP contribution is -2.44. The smallest absolute Gasteiger partial charge is 0.234 e. The van der Waals surface area contributed by atoms with Crippen LogP contribution in [-0.2, 0) is 11.3 Å². The molecule has 4 nitrogen and oxygen atoms in total. The Morgan fingerprint density at radius 3 is 2.53 bits per heavy atom. The van der Waals surface area contributed by atoms with Gasteiger partial charge in [-0.25, -0.2) is 0 Å². The van der Waals surface area contributed by atoms with E-state index in [1.807, 2.05) is 32.9 Å². The number of phenols is 1. The van der Waals surface area contributed by atoms with Crippen molar-refractivity contribution in [2.75, 3.05) is 6.54 Å². The number of carbonyl (C=O) groups is 1. The molecule has 1 aromatic rings. The van der Waals surface area contributed by atoms with E-state index in [-0.39, 0.29) is 23.7 Å². The fraction of sp³-hybridized carbons (Fsp3) is 0.462. The van der Waals surface area contributed by atoms with Gasteiger partial charge < -0.3 is 15.7 Å². The average molecular weight is 236 g/mol. The molecule has 0 saturated carbocycles. The van der Waals surface area contributed by atoms with Gasteiger partial charge in [0, 0.05) is 17.6 Å². The van der Waals surface area contributed by atoms with E-state index in [0.29, 0.717) is 6.54 Å². The Morgan fingerprint density at radius 1 is 1.29 bits per heavy atom. The highest BCUT2D eigenvalue weighted by Crippen LogP contribution is 2.14. The molecule has 0 aromatic heterocycles. The molecule has 0 bridgehead atoms. The van der Waals surface area contributed by atoms with E-state index in [1.165, 1.54) is 0 Å². The Labute approximate surface area is 102 Å². The molecule has 0 saturated heterocycles. The summed E-state index contributed by atoms with van der Waals surface area (Å²) < 4.78 is 0. The van der Waals surface area contributed by atoms with E-state index < -0.39 is 0 Å². The summed E-state index contributed by atoms with van der Waals surface area (Å²) in [6.45, 7) is 6.53. The molecule has 1 aromatic carbocycles. The fourth-order valence-corrected chi connectivity index (χ4v) is 1.43. The quantitative estimate of drug-likeness (QED) is 0.740. The molecule has 0 heterocycles. The standard InChI is InChI=1S/C13H20N2O2/c1-13(2,3)15-12(17)9-14-8-10-6-4-5-7-11(10)16/h4-7,14,16H,8-9H2,1-3H3,(H,15,17). The first-order valence-corrected chi connectivity index (χ1v) is 5.67. The number of nitrogens with one attached hydrogen (secondary N) is 2. The second-order valence-corrected chi connectivity index (χ2v) is 5.03. The highest BCUT2D eigenvalue weighted by Gasteiger charge is 2.12. The number of phenolic OH excluding ortho intramolecular Hbond substituents is 1. The van der Waals surface area contributed by atoms with Gasteiger partial charge in [0.05, 0.1) is 6.54 Å². The minimum atomic E-state index is -0.215. The molecule has 1 amide bonds. The van der Waals surface area contributed by atoms with Gasteiger partial charge in [0.15, 0.2) is 0 Å². The molecule has 0 radical (unpaired) electrons. The van der Waals surface area contributed by atoms with E-state index in [2.05, 4.69) is 10.6 Å². The molecule has 3 N–H and O–H groups in total. The second kappa shape index (κ2) is 5.68. The van der Waals surface area contributed by atoms with Crippen LogP contribution in [0.15, 0.2) is 24.3 Å². The van der Waals surface area contributed by atoms with Crippen LogP contribution in [0.3, 0.4) is 0 Å². The van der Waals surface area contributed by atoms with Crippen molar-refractivity contribution in [3.8, 4) is 5.75 Å². The van der Waals surface area contributed by atoms with Crippen LogP contribution in [0.1, 0.15) is 26.3 Å². The van der Waals surface area contributed by atoms with Crippen molar-refractivity contribution in [1.82, 2.24) is 10.6 Å². The van der Waals surface area contributed by atoms with Crippen molar-refractivity contribution in [1.29, 1.82) is 0 Å². The van der Waals surface area contributed by atoms with Gasteiger partial charge in [-0.05, 0) is 26.8 Å². The van der Waals surface area contributed by atoms with Gasteiger partial charge in [-0.3, -0.25) is 4.79 Å². The molecular formula is C13H20N2O2. The minimum absolute atomic E-state index is 0.0482. The van der Waals surface area contributed by atoms with E-state index in [0.717, 1.165) is 5.56 Å². The summed E-state index contributed by atoms with van der Waals surface area (Å²) in [5, 5.41) is 15.4. The predicted molar refractivity (Wildman–Crippen MR) is 67.7 cm³/mol. The highest BCUT2D eigenvalue weighted by atomic mass is 16.3. The molecule has 0 unspecified atom stereocenters. The maximum absolute atomic E-state index is 11.5. The van der Waals surface area contributed by atoms with Crippen molar-refractivity contribution in [2.24, 2.45) is 0 Å². The first-order chi connectivity index (χ1) is 7.88. The molecule has 94 valence electrons. The third-order valence-electron chi connectivity index (χ3n) is 2.11. The van der Waals surface area contributed by atoms with Gasteiger partial charge >= 0.3 is 0 Å². The molecule has 0 fully saturated rings. The molecule has 17 heavy (non-hydrogen) atoms. The first-order valence-electron chi connectivity index (χ1n) is 5.67. The molecule has 0 atom stereocenters. The van der Waals surface area contributed by atoms with Crippen LogP contribution in [0.25, 0.3) is 0 Å².